The van der Waals surface area contributed by atoms with E-state index < -0.39 is 39.0 Å². The van der Waals surface area contributed by atoms with E-state index >= 15 is 0 Å². The second-order valence-electron chi connectivity index (χ2n) is 3.93. The summed E-state index contributed by atoms with van der Waals surface area (Å²) in [6.07, 6.45) is -4.73. The summed E-state index contributed by atoms with van der Waals surface area (Å²) in [5.74, 6) is 0.199. The van der Waals surface area contributed by atoms with Crippen LogP contribution in [-0.4, -0.2) is 63.4 Å². The van der Waals surface area contributed by atoms with Crippen molar-refractivity contribution in [2.75, 3.05) is 6.61 Å². The quantitative estimate of drug-likeness (QED) is 0.0997. The van der Waals surface area contributed by atoms with E-state index in [0.717, 1.165) is 0 Å². The average molecular weight is 313 g/mol. The fraction of sp³-hybridized carbons (Fsp3) is 0.750. The summed E-state index contributed by atoms with van der Waals surface area (Å²) in [5.41, 5.74) is 4.48. The van der Waals surface area contributed by atoms with Crippen LogP contribution in [0.5, 0.6) is 0 Å². The molecule has 116 valence electrons. The summed E-state index contributed by atoms with van der Waals surface area (Å²) in [6.45, 7) is 0.867. The van der Waals surface area contributed by atoms with Crippen molar-refractivity contribution in [1.82, 2.24) is 10.9 Å². The largest absolute Gasteiger partial charge is 0.469 e. The topological polar surface area (TPSA) is 170 Å². The molecule has 1 amide bonds. The van der Waals surface area contributed by atoms with Crippen LogP contribution in [-0.2, 0) is 18.6 Å². The number of hydrazine groups is 1. The number of aliphatic imine (C=N–C) groups is 1. The Kier molecular flexibility index (Phi) is 6.02. The zero-order valence-electron chi connectivity index (χ0n) is 10.4. The number of carbonyl (C=O) groups excluding carboxylic acids is 1. The summed E-state index contributed by atoms with van der Waals surface area (Å²) in [6, 6.07) is 0. The van der Waals surface area contributed by atoms with Crippen molar-refractivity contribution in [3.8, 4) is 0 Å². The molecule has 0 aromatic carbocycles. The first-order valence-electron chi connectivity index (χ1n) is 5.46. The van der Waals surface area contributed by atoms with Crippen LogP contribution in [0.1, 0.15) is 6.92 Å². The maximum absolute atomic E-state index is 10.5. The van der Waals surface area contributed by atoms with Crippen molar-refractivity contribution < 1.29 is 38.6 Å². The Labute approximate surface area is 113 Å². The van der Waals surface area contributed by atoms with Gasteiger partial charge in [-0.2, -0.15) is 0 Å². The summed E-state index contributed by atoms with van der Waals surface area (Å²) in [7, 11) is -4.70. The Morgan fingerprint density at radius 3 is 2.65 bits per heavy atom. The van der Waals surface area contributed by atoms with Gasteiger partial charge in [-0.15, -0.1) is 0 Å². The number of hydrogen-bond acceptors (Lipinski definition) is 7. The van der Waals surface area contributed by atoms with Crippen molar-refractivity contribution in [2.45, 2.75) is 31.5 Å². The lowest BCUT2D eigenvalue weighted by Gasteiger charge is -2.14. The highest BCUT2D eigenvalue weighted by Crippen LogP contribution is 2.37. The molecule has 0 aromatic rings. The zero-order valence-corrected chi connectivity index (χ0v) is 11.3. The number of nitrogens with one attached hydrogen (secondary N) is 2. The summed E-state index contributed by atoms with van der Waals surface area (Å²) in [4.78, 5) is 31.0. The normalized spacial score (nSPS) is 31.1. The minimum atomic E-state index is -4.70. The lowest BCUT2D eigenvalue weighted by Crippen LogP contribution is -2.37. The van der Waals surface area contributed by atoms with E-state index in [0.29, 0.717) is 6.41 Å². The van der Waals surface area contributed by atoms with Gasteiger partial charge in [0.15, 0.2) is 6.23 Å². The standard InChI is InChI=1S/C8H16N3O8P/c1-4(11-9-3-12)10-8-7(14)6(13)5(19-8)2-18-20(15,16)17/h3,5-8,13-14H,2H2,1H3,(H,9,12)(H,10,11)(H2,15,16,17)/t5-,6-,7-,8?/m1/s1. The van der Waals surface area contributed by atoms with Gasteiger partial charge in [-0.25, -0.2) is 9.56 Å². The predicted octanol–water partition coefficient (Wildman–Crippen LogP) is -2.79. The number of phosphoric acid groups is 1. The van der Waals surface area contributed by atoms with Gasteiger partial charge in [0.2, 0.25) is 6.41 Å². The predicted molar refractivity (Wildman–Crippen MR) is 64.1 cm³/mol. The van der Waals surface area contributed by atoms with Crippen LogP contribution in [0.25, 0.3) is 0 Å². The molecule has 0 radical (unpaired) electrons. The smallest absolute Gasteiger partial charge is 0.387 e. The molecule has 0 aliphatic carbocycles. The van der Waals surface area contributed by atoms with Crippen molar-refractivity contribution in [2.24, 2.45) is 4.99 Å². The zero-order chi connectivity index (χ0) is 15.3. The Balaban J connectivity index is 2.59. The minimum absolute atomic E-state index is 0.199. The number of amidine groups is 1. The molecular formula is C8H16N3O8P. The van der Waals surface area contributed by atoms with Crippen molar-refractivity contribution >= 4 is 20.1 Å². The Hall–Kier alpha value is -1.07. The molecule has 0 saturated carbocycles. The van der Waals surface area contributed by atoms with Gasteiger partial charge < -0.3 is 24.7 Å². The van der Waals surface area contributed by atoms with Gasteiger partial charge in [0.25, 0.3) is 0 Å². The maximum atomic E-state index is 10.5. The van der Waals surface area contributed by atoms with Crippen molar-refractivity contribution in [3.63, 3.8) is 0 Å². The van der Waals surface area contributed by atoms with Crippen LogP contribution >= 0.6 is 7.82 Å². The summed E-state index contributed by atoms with van der Waals surface area (Å²) < 4.78 is 19.9. The number of carbonyl (C=O) groups is 1. The monoisotopic (exact) mass is 313 g/mol. The SMILES string of the molecule is CC(=NC1O[C@H](COP(=O)(O)O)[C@@H](O)[C@H]1O)NNC=O. The van der Waals surface area contributed by atoms with Gasteiger partial charge in [-0.3, -0.25) is 20.2 Å². The van der Waals surface area contributed by atoms with Crippen LogP contribution in [0, 0.1) is 0 Å². The summed E-state index contributed by atoms with van der Waals surface area (Å²) >= 11 is 0. The second kappa shape index (κ2) is 7.09. The number of aliphatic hydroxyl groups is 2. The van der Waals surface area contributed by atoms with E-state index in [9.17, 15) is 19.6 Å². The second-order valence-corrected chi connectivity index (χ2v) is 5.17. The van der Waals surface area contributed by atoms with E-state index in [1.165, 1.54) is 6.92 Å². The van der Waals surface area contributed by atoms with Gasteiger partial charge in [0.05, 0.1) is 6.61 Å². The Bertz CT molecular complexity index is 413. The number of rotatable bonds is 6. The number of aliphatic hydroxyl groups excluding tert-OH is 2. The van der Waals surface area contributed by atoms with E-state index in [-0.39, 0.29) is 5.84 Å². The Morgan fingerprint density at radius 1 is 1.45 bits per heavy atom. The van der Waals surface area contributed by atoms with Gasteiger partial charge in [-0.05, 0) is 6.92 Å². The maximum Gasteiger partial charge on any atom is 0.469 e. The lowest BCUT2D eigenvalue weighted by atomic mass is 10.1. The molecule has 6 N–H and O–H groups in total. The Morgan fingerprint density at radius 2 is 2.10 bits per heavy atom. The van der Waals surface area contributed by atoms with E-state index in [1.54, 1.807) is 0 Å². The van der Waals surface area contributed by atoms with E-state index in [4.69, 9.17) is 14.5 Å². The summed E-state index contributed by atoms with van der Waals surface area (Å²) in [5, 5.41) is 19.3. The van der Waals surface area contributed by atoms with Gasteiger partial charge in [0, 0.05) is 0 Å². The van der Waals surface area contributed by atoms with E-state index in [1.807, 2.05) is 0 Å². The van der Waals surface area contributed by atoms with Crippen LogP contribution in [0.3, 0.4) is 0 Å². The number of hydrogen-bond donors (Lipinski definition) is 6. The van der Waals surface area contributed by atoms with Gasteiger partial charge in [0.1, 0.15) is 24.1 Å². The number of amides is 1. The van der Waals surface area contributed by atoms with Crippen LogP contribution in [0.15, 0.2) is 4.99 Å². The average Bonchev–Trinajstić information content (AvgIpc) is 2.61. The van der Waals surface area contributed by atoms with Crippen LogP contribution in [0.2, 0.25) is 0 Å². The molecule has 4 atom stereocenters. The highest BCUT2D eigenvalue weighted by molar-refractivity contribution is 7.46. The first-order chi connectivity index (χ1) is 9.24. The molecule has 1 saturated heterocycles. The lowest BCUT2D eigenvalue weighted by molar-refractivity contribution is -0.110. The molecule has 12 heteroatoms. The van der Waals surface area contributed by atoms with E-state index in [2.05, 4.69) is 20.4 Å². The molecule has 20 heavy (non-hydrogen) atoms. The number of phosphoric ester groups is 1. The molecule has 1 aliphatic rings. The van der Waals surface area contributed by atoms with Crippen LogP contribution < -0.4 is 10.9 Å². The molecule has 1 rings (SSSR count). The van der Waals surface area contributed by atoms with Crippen LogP contribution in [0.4, 0.5) is 0 Å². The van der Waals surface area contributed by atoms with Gasteiger partial charge in [-0.1, -0.05) is 0 Å². The first kappa shape index (κ1) is 17.0. The molecule has 11 nitrogen and oxygen atoms in total. The molecule has 0 bridgehead atoms. The first-order valence-corrected chi connectivity index (χ1v) is 6.99. The van der Waals surface area contributed by atoms with Crippen molar-refractivity contribution in [3.05, 3.63) is 0 Å². The third kappa shape index (κ3) is 5.13. The molecule has 1 unspecified atom stereocenters. The highest BCUT2D eigenvalue weighted by Gasteiger charge is 2.43. The molecular weight excluding hydrogens is 297 g/mol. The number of nitrogens with zero attached hydrogens (tertiary/aromatic N) is 1. The fourth-order valence-corrected chi connectivity index (χ4v) is 1.84. The third-order valence-electron chi connectivity index (χ3n) is 2.38. The number of ether oxygens (including phenoxy) is 1. The minimum Gasteiger partial charge on any atom is -0.387 e. The molecule has 1 aliphatic heterocycles. The molecule has 0 spiro atoms. The van der Waals surface area contributed by atoms with Crippen molar-refractivity contribution in [1.29, 1.82) is 0 Å². The molecule has 0 aromatic heterocycles. The van der Waals surface area contributed by atoms with Gasteiger partial charge >= 0.3 is 7.82 Å². The highest BCUT2D eigenvalue weighted by atomic mass is 31.2. The molecule has 1 fully saturated rings. The fourth-order valence-electron chi connectivity index (χ4n) is 1.50. The molecule has 1 heterocycles. The third-order valence-corrected chi connectivity index (χ3v) is 2.86.